The lowest BCUT2D eigenvalue weighted by atomic mass is 10.2. The van der Waals surface area contributed by atoms with Crippen molar-refractivity contribution in [3.05, 3.63) is 65.9 Å². The molecule has 0 radical (unpaired) electrons. The molecule has 0 spiro atoms. The Labute approximate surface area is 141 Å². The van der Waals surface area contributed by atoms with Gasteiger partial charge in [-0.2, -0.15) is 0 Å². The first-order chi connectivity index (χ1) is 11.8. The minimum Gasteiger partial charge on any atom is -0.485 e. The molecule has 24 heavy (non-hydrogen) atoms. The summed E-state index contributed by atoms with van der Waals surface area (Å²) in [4.78, 5) is 4.66. The Kier molecular flexibility index (Phi) is 5.43. The number of pyridine rings is 1. The summed E-state index contributed by atoms with van der Waals surface area (Å²) in [6.45, 7) is 4.41. The smallest absolute Gasteiger partial charge is 0.179 e. The van der Waals surface area contributed by atoms with Crippen LogP contribution in [0, 0.1) is 5.82 Å². The van der Waals surface area contributed by atoms with Gasteiger partial charge in [0.25, 0.3) is 0 Å². The molecule has 1 N–H and O–H groups in total. The minimum atomic E-state index is -0.253. The molecule has 126 valence electrons. The average Bonchev–Trinajstić information content (AvgIpc) is 3.00. The van der Waals surface area contributed by atoms with Gasteiger partial charge < -0.3 is 14.5 Å². The number of hydrogen-bond acceptors (Lipinski definition) is 3. The zero-order chi connectivity index (χ0) is 16.8. The van der Waals surface area contributed by atoms with Crippen molar-refractivity contribution in [3.63, 3.8) is 0 Å². The van der Waals surface area contributed by atoms with E-state index in [0.29, 0.717) is 12.4 Å². The van der Waals surface area contributed by atoms with E-state index in [9.17, 15) is 4.39 Å². The number of ether oxygens (including phenoxy) is 1. The van der Waals surface area contributed by atoms with E-state index in [1.807, 2.05) is 35.0 Å². The summed E-state index contributed by atoms with van der Waals surface area (Å²) in [5.74, 6) is 0.450. The largest absolute Gasteiger partial charge is 0.485 e. The average molecular weight is 327 g/mol. The maximum Gasteiger partial charge on any atom is 0.179 e. The van der Waals surface area contributed by atoms with Gasteiger partial charge in [-0.1, -0.05) is 19.1 Å². The Morgan fingerprint density at radius 1 is 1.21 bits per heavy atom. The fourth-order valence-corrected chi connectivity index (χ4v) is 2.58. The molecule has 0 unspecified atom stereocenters. The quantitative estimate of drug-likeness (QED) is 0.643. The highest BCUT2D eigenvalue weighted by Crippen LogP contribution is 2.20. The molecule has 4 nitrogen and oxygen atoms in total. The van der Waals surface area contributed by atoms with Crippen molar-refractivity contribution in [2.24, 2.45) is 0 Å². The number of rotatable bonds is 8. The second-order valence-electron chi connectivity index (χ2n) is 5.75. The molecular weight excluding hydrogens is 305 g/mol. The lowest BCUT2D eigenvalue weighted by molar-refractivity contribution is 0.307. The second-order valence-corrected chi connectivity index (χ2v) is 5.75. The van der Waals surface area contributed by atoms with Gasteiger partial charge in [-0.05, 0) is 42.8 Å². The summed E-state index contributed by atoms with van der Waals surface area (Å²) in [7, 11) is 0. The normalized spacial score (nSPS) is 11.1. The summed E-state index contributed by atoms with van der Waals surface area (Å²) in [5, 5.41) is 3.38. The van der Waals surface area contributed by atoms with Crippen LogP contribution in [0.2, 0.25) is 0 Å². The Morgan fingerprint density at radius 3 is 2.96 bits per heavy atom. The first-order valence-corrected chi connectivity index (χ1v) is 8.31. The molecule has 0 fully saturated rings. The number of imidazole rings is 1. The van der Waals surface area contributed by atoms with E-state index in [-0.39, 0.29) is 5.82 Å². The van der Waals surface area contributed by atoms with E-state index in [1.165, 1.54) is 12.1 Å². The van der Waals surface area contributed by atoms with Crippen LogP contribution in [-0.4, -0.2) is 22.5 Å². The first kappa shape index (κ1) is 16.5. The van der Waals surface area contributed by atoms with Crippen molar-refractivity contribution >= 4 is 5.65 Å². The molecule has 0 bridgehead atoms. The van der Waals surface area contributed by atoms with Crippen LogP contribution in [0.3, 0.4) is 0 Å². The van der Waals surface area contributed by atoms with Gasteiger partial charge in [0.1, 0.15) is 12.4 Å². The monoisotopic (exact) mass is 327 g/mol. The summed E-state index contributed by atoms with van der Waals surface area (Å²) >= 11 is 0. The Bertz CT molecular complexity index is 800. The van der Waals surface area contributed by atoms with Crippen molar-refractivity contribution in [2.45, 2.75) is 26.4 Å². The zero-order valence-electron chi connectivity index (χ0n) is 13.8. The zero-order valence-corrected chi connectivity index (χ0v) is 13.8. The van der Waals surface area contributed by atoms with E-state index in [1.54, 1.807) is 6.07 Å². The number of fused-ring (bicyclic) bond motifs is 1. The molecule has 0 saturated heterocycles. The fourth-order valence-electron chi connectivity index (χ4n) is 2.58. The predicted octanol–water partition coefficient (Wildman–Crippen LogP) is 3.59. The summed E-state index contributed by atoms with van der Waals surface area (Å²) in [5.41, 5.74) is 2.62. The Morgan fingerprint density at radius 2 is 2.12 bits per heavy atom. The second kappa shape index (κ2) is 7.93. The van der Waals surface area contributed by atoms with Crippen LogP contribution in [0.1, 0.15) is 24.6 Å². The van der Waals surface area contributed by atoms with Crippen molar-refractivity contribution in [2.75, 3.05) is 13.1 Å². The number of halogens is 1. The summed E-state index contributed by atoms with van der Waals surface area (Å²) < 4.78 is 21.1. The third-order valence-electron chi connectivity index (χ3n) is 3.76. The predicted molar refractivity (Wildman–Crippen MR) is 92.8 cm³/mol. The van der Waals surface area contributed by atoms with E-state index < -0.39 is 0 Å². The lowest BCUT2D eigenvalue weighted by Crippen LogP contribution is -2.17. The molecule has 0 aliphatic carbocycles. The standard InChI is InChI=1S/C19H22FN3O/c1-2-9-21-10-8-17-13-23-11-4-7-18(19(23)22-17)24-14-15-5-3-6-16(20)12-15/h3-7,11-13,21H,2,8-10,14H2,1H3. The fraction of sp³-hybridized carbons (Fsp3) is 0.316. The minimum absolute atomic E-state index is 0.253. The van der Waals surface area contributed by atoms with E-state index >= 15 is 0 Å². The maximum absolute atomic E-state index is 13.2. The molecule has 0 aliphatic heterocycles. The molecule has 2 heterocycles. The first-order valence-electron chi connectivity index (χ1n) is 8.31. The van der Waals surface area contributed by atoms with Gasteiger partial charge in [0.2, 0.25) is 0 Å². The van der Waals surface area contributed by atoms with Crippen LogP contribution in [0.4, 0.5) is 4.39 Å². The van der Waals surface area contributed by atoms with Crippen molar-refractivity contribution in [1.29, 1.82) is 0 Å². The highest BCUT2D eigenvalue weighted by atomic mass is 19.1. The van der Waals surface area contributed by atoms with Crippen LogP contribution in [0.5, 0.6) is 5.75 Å². The molecule has 0 amide bonds. The van der Waals surface area contributed by atoms with Gasteiger partial charge in [-0.25, -0.2) is 9.37 Å². The van der Waals surface area contributed by atoms with Gasteiger partial charge >= 0.3 is 0 Å². The molecular formula is C19H22FN3O. The Hall–Kier alpha value is -2.40. The Balaban J connectivity index is 1.70. The summed E-state index contributed by atoms with van der Waals surface area (Å²) in [6.07, 6.45) is 5.99. The third-order valence-corrected chi connectivity index (χ3v) is 3.76. The van der Waals surface area contributed by atoms with Crippen LogP contribution in [0.25, 0.3) is 5.65 Å². The van der Waals surface area contributed by atoms with Crippen LogP contribution >= 0.6 is 0 Å². The molecule has 0 aliphatic rings. The van der Waals surface area contributed by atoms with Crippen molar-refractivity contribution < 1.29 is 9.13 Å². The molecule has 3 rings (SSSR count). The van der Waals surface area contributed by atoms with Gasteiger partial charge in [0.05, 0.1) is 5.69 Å². The molecule has 2 aromatic heterocycles. The molecule has 1 aromatic carbocycles. The highest BCUT2D eigenvalue weighted by molar-refractivity contribution is 5.54. The van der Waals surface area contributed by atoms with Crippen LogP contribution in [0.15, 0.2) is 48.8 Å². The van der Waals surface area contributed by atoms with Gasteiger partial charge in [0, 0.05) is 25.4 Å². The van der Waals surface area contributed by atoms with Crippen LogP contribution in [-0.2, 0) is 13.0 Å². The van der Waals surface area contributed by atoms with Crippen molar-refractivity contribution in [3.8, 4) is 5.75 Å². The number of nitrogens with one attached hydrogen (secondary N) is 1. The third kappa shape index (κ3) is 4.11. The molecule has 0 atom stereocenters. The SMILES string of the molecule is CCCNCCc1cn2cccc(OCc3cccc(F)c3)c2n1. The maximum atomic E-state index is 13.2. The van der Waals surface area contributed by atoms with Gasteiger partial charge in [-0.3, -0.25) is 0 Å². The van der Waals surface area contributed by atoms with Gasteiger partial charge in [0.15, 0.2) is 11.4 Å². The number of benzene rings is 1. The lowest BCUT2D eigenvalue weighted by Gasteiger charge is -2.07. The topological polar surface area (TPSA) is 38.6 Å². The number of hydrogen-bond donors (Lipinski definition) is 1. The highest BCUT2D eigenvalue weighted by Gasteiger charge is 2.08. The van der Waals surface area contributed by atoms with E-state index in [2.05, 4.69) is 17.2 Å². The molecule has 0 saturated carbocycles. The van der Waals surface area contributed by atoms with E-state index in [0.717, 1.165) is 42.8 Å². The number of nitrogens with zero attached hydrogens (tertiary/aromatic N) is 2. The molecule has 5 heteroatoms. The molecule has 3 aromatic rings. The van der Waals surface area contributed by atoms with Crippen molar-refractivity contribution in [1.82, 2.24) is 14.7 Å². The van der Waals surface area contributed by atoms with E-state index in [4.69, 9.17) is 4.74 Å². The number of aromatic nitrogens is 2. The van der Waals surface area contributed by atoms with Crippen LogP contribution < -0.4 is 10.1 Å². The summed E-state index contributed by atoms with van der Waals surface area (Å²) in [6, 6.07) is 10.3. The van der Waals surface area contributed by atoms with Gasteiger partial charge in [-0.15, -0.1) is 0 Å².